The number of hydrogen-bond acceptors (Lipinski definition) is 0. The van der Waals surface area contributed by atoms with Crippen LogP contribution in [0.25, 0.3) is 0 Å². The fourth-order valence-electron chi connectivity index (χ4n) is 1.17. The number of allylic oxidation sites excluding steroid dienone is 2. The van der Waals surface area contributed by atoms with E-state index in [1.807, 2.05) is 0 Å². The zero-order chi connectivity index (χ0) is 18.4. The van der Waals surface area contributed by atoms with Crippen molar-refractivity contribution in [2.24, 2.45) is 0 Å². The summed E-state index contributed by atoms with van der Waals surface area (Å²) in [6, 6.07) is 0. The Kier molecular flexibility index (Phi) is 19.2. The molecule has 7 aliphatic rings. The molecule has 26 heavy (non-hydrogen) atoms. The van der Waals surface area contributed by atoms with Crippen molar-refractivity contribution in [3.63, 3.8) is 0 Å². The third-order valence-electron chi connectivity index (χ3n) is 5.37. The van der Waals surface area contributed by atoms with Crippen LogP contribution in [0.1, 0.15) is 154 Å². The normalized spacial score (nSPS) is 23.4. The molecular weight excluding hydrogens is 312 g/mol. The number of hydrogen-bond donors (Lipinski definition) is 0. The average molecular weight is 363 g/mol. The molecular formula is C26H50. The topological polar surface area (TPSA) is 0 Å². The highest BCUT2D eigenvalue weighted by Gasteiger charge is 1.97. The van der Waals surface area contributed by atoms with Crippen LogP contribution in [0.2, 0.25) is 0 Å². The summed E-state index contributed by atoms with van der Waals surface area (Å²) in [4.78, 5) is 0. The van der Waals surface area contributed by atoms with Gasteiger partial charge in [-0.25, -0.2) is 0 Å². The van der Waals surface area contributed by atoms with Gasteiger partial charge in [0.25, 0.3) is 0 Å². The van der Waals surface area contributed by atoms with Crippen LogP contribution in [-0.2, 0) is 0 Å². The molecule has 7 aliphatic carbocycles. The van der Waals surface area contributed by atoms with Gasteiger partial charge in [-0.3, -0.25) is 0 Å². The molecule has 0 N–H and O–H groups in total. The highest BCUT2D eigenvalue weighted by molar-refractivity contribution is 4.93. The summed E-state index contributed by atoms with van der Waals surface area (Å²) < 4.78 is 0. The summed E-state index contributed by atoms with van der Waals surface area (Å²) in [6.45, 7) is 0. The van der Waals surface area contributed by atoms with Crippen molar-refractivity contribution < 1.29 is 0 Å². The van der Waals surface area contributed by atoms with Crippen molar-refractivity contribution >= 4 is 0 Å². The summed E-state index contributed by atoms with van der Waals surface area (Å²) in [7, 11) is 0. The standard InChI is InChI=1S/4C4H8.C4H6.2C3H6/c5*1-2-4-3-1;2*1-2-3-1/h4*1-4H2;1-2H,3-4H2;2*1-3H2. The second-order valence-corrected chi connectivity index (χ2v) is 8.83. The van der Waals surface area contributed by atoms with Crippen LogP contribution in [0.15, 0.2) is 12.2 Å². The smallest absolute Gasteiger partial charge is 0.0316 e. The van der Waals surface area contributed by atoms with Gasteiger partial charge in [0.05, 0.1) is 0 Å². The minimum Gasteiger partial charge on any atom is -0.0882 e. The highest BCUT2D eigenvalue weighted by atomic mass is 14.0. The molecule has 6 fully saturated rings. The lowest BCUT2D eigenvalue weighted by Crippen LogP contribution is -1.85. The Bertz CT molecular complexity index is 192. The molecule has 0 saturated heterocycles. The van der Waals surface area contributed by atoms with Crippen molar-refractivity contribution in [1.29, 1.82) is 0 Å². The summed E-state index contributed by atoms with van der Waals surface area (Å²) in [5.74, 6) is 0. The van der Waals surface area contributed by atoms with E-state index in [1.54, 1.807) is 0 Å². The molecule has 0 radical (unpaired) electrons. The summed E-state index contributed by atoms with van der Waals surface area (Å²) in [6.07, 6.45) is 40.0. The fraction of sp³-hybridized carbons (Fsp3) is 0.923. The van der Waals surface area contributed by atoms with E-state index < -0.39 is 0 Å². The SMILES string of the molecule is C1=CCC1.C1CC1.C1CC1.C1CCC1.C1CCC1.C1CCC1.C1CCC1. The first kappa shape index (κ1) is 23.8. The monoisotopic (exact) mass is 362 g/mol. The Morgan fingerprint density at radius 2 is 0.269 bits per heavy atom. The van der Waals surface area contributed by atoms with Gasteiger partial charge in [-0.2, -0.15) is 0 Å². The van der Waals surface area contributed by atoms with Crippen LogP contribution in [0.3, 0.4) is 0 Å². The van der Waals surface area contributed by atoms with Crippen LogP contribution >= 0.6 is 0 Å². The second kappa shape index (κ2) is 21.0. The Morgan fingerprint density at radius 1 is 0.192 bits per heavy atom. The first-order valence-electron chi connectivity index (χ1n) is 12.6. The lowest BCUT2D eigenvalue weighted by molar-refractivity contribution is 0.504. The third-order valence-corrected chi connectivity index (χ3v) is 5.37. The van der Waals surface area contributed by atoms with Gasteiger partial charge in [-0.1, -0.05) is 153 Å². The van der Waals surface area contributed by atoms with Crippen molar-refractivity contribution in [3.8, 4) is 0 Å². The molecule has 0 nitrogen and oxygen atoms in total. The van der Waals surface area contributed by atoms with Crippen LogP contribution in [0.4, 0.5) is 0 Å². The van der Waals surface area contributed by atoms with Gasteiger partial charge in [0.15, 0.2) is 0 Å². The van der Waals surface area contributed by atoms with E-state index in [4.69, 9.17) is 0 Å². The zero-order valence-electron chi connectivity index (χ0n) is 18.1. The molecule has 0 amide bonds. The van der Waals surface area contributed by atoms with E-state index in [2.05, 4.69) is 12.2 Å². The molecule has 0 aromatic carbocycles. The lowest BCUT2D eigenvalue weighted by atomic mass is 10.0. The molecule has 0 aliphatic heterocycles. The largest absolute Gasteiger partial charge is 0.0882 e. The average Bonchev–Trinajstić information content (AvgIpc) is 3.13. The first-order chi connectivity index (χ1) is 13.0. The fourth-order valence-corrected chi connectivity index (χ4v) is 1.17. The molecule has 0 heterocycles. The minimum atomic E-state index is 1.32. The maximum absolute atomic E-state index is 2.18. The molecule has 0 spiro atoms. The van der Waals surface area contributed by atoms with Gasteiger partial charge < -0.3 is 0 Å². The summed E-state index contributed by atoms with van der Waals surface area (Å²) in [5.41, 5.74) is 0. The van der Waals surface area contributed by atoms with Crippen LogP contribution < -0.4 is 0 Å². The third kappa shape index (κ3) is 26.0. The van der Waals surface area contributed by atoms with E-state index in [0.29, 0.717) is 0 Å². The van der Waals surface area contributed by atoms with Crippen LogP contribution in [-0.4, -0.2) is 0 Å². The second-order valence-electron chi connectivity index (χ2n) is 8.83. The van der Waals surface area contributed by atoms with E-state index in [-0.39, 0.29) is 0 Å². The van der Waals surface area contributed by atoms with Crippen LogP contribution in [0.5, 0.6) is 0 Å². The molecule has 6 saturated carbocycles. The van der Waals surface area contributed by atoms with E-state index in [9.17, 15) is 0 Å². The summed E-state index contributed by atoms with van der Waals surface area (Å²) in [5, 5.41) is 0. The maximum atomic E-state index is 2.18. The number of rotatable bonds is 0. The highest BCUT2D eigenvalue weighted by Crippen LogP contribution is 2.16. The van der Waals surface area contributed by atoms with Crippen molar-refractivity contribution in [2.75, 3.05) is 0 Å². The quantitative estimate of drug-likeness (QED) is 0.376. The maximum Gasteiger partial charge on any atom is -0.0316 e. The van der Waals surface area contributed by atoms with Gasteiger partial charge >= 0.3 is 0 Å². The molecule has 0 heteroatoms. The van der Waals surface area contributed by atoms with Crippen LogP contribution in [0, 0.1) is 0 Å². The molecule has 0 unspecified atom stereocenters. The van der Waals surface area contributed by atoms with Gasteiger partial charge in [0.2, 0.25) is 0 Å². The summed E-state index contributed by atoms with van der Waals surface area (Å²) >= 11 is 0. The molecule has 0 aromatic heterocycles. The van der Waals surface area contributed by atoms with Gasteiger partial charge in [-0.15, -0.1) is 0 Å². The van der Waals surface area contributed by atoms with Crippen molar-refractivity contribution in [3.05, 3.63) is 12.2 Å². The zero-order valence-corrected chi connectivity index (χ0v) is 18.1. The predicted molar refractivity (Wildman–Crippen MR) is 120 cm³/mol. The van der Waals surface area contributed by atoms with Gasteiger partial charge in [0, 0.05) is 0 Å². The molecule has 0 aromatic rings. The Hall–Kier alpha value is -0.260. The molecule has 154 valence electrons. The van der Waals surface area contributed by atoms with E-state index in [1.165, 1.54) is 154 Å². The van der Waals surface area contributed by atoms with E-state index >= 15 is 0 Å². The Morgan fingerprint density at radius 3 is 0.269 bits per heavy atom. The first-order valence-corrected chi connectivity index (χ1v) is 12.6. The van der Waals surface area contributed by atoms with Gasteiger partial charge in [-0.05, 0) is 12.8 Å². The van der Waals surface area contributed by atoms with Crippen molar-refractivity contribution in [2.45, 2.75) is 154 Å². The molecule has 7 rings (SSSR count). The van der Waals surface area contributed by atoms with Crippen molar-refractivity contribution in [1.82, 2.24) is 0 Å². The van der Waals surface area contributed by atoms with Gasteiger partial charge in [0.1, 0.15) is 0 Å². The Labute approximate surface area is 166 Å². The van der Waals surface area contributed by atoms with E-state index in [0.717, 1.165) is 0 Å². The minimum absolute atomic E-state index is 1.32. The Balaban J connectivity index is 0.000000152. The molecule has 0 bridgehead atoms. The predicted octanol–water partition coefficient (Wildman–Crippen LogP) is 9.92. The molecule has 0 atom stereocenters. The lowest BCUT2D eigenvalue weighted by Gasteiger charge is -2.05.